The van der Waals surface area contributed by atoms with Crippen LogP contribution in [0, 0.1) is 6.92 Å². The van der Waals surface area contributed by atoms with Gasteiger partial charge in [-0.05, 0) is 31.9 Å². The van der Waals surface area contributed by atoms with Gasteiger partial charge in [0.25, 0.3) is 0 Å². The van der Waals surface area contributed by atoms with E-state index in [0.29, 0.717) is 12.8 Å². The molecule has 1 aliphatic rings. The highest BCUT2D eigenvalue weighted by molar-refractivity contribution is 7.89. The maximum Gasteiger partial charge on any atom is 0.422 e. The molecular formula is C15H19F3N2O4S. The summed E-state index contributed by atoms with van der Waals surface area (Å²) < 4.78 is 66.4. The number of hydrogen-bond donors (Lipinski definition) is 1. The molecule has 0 unspecified atom stereocenters. The van der Waals surface area contributed by atoms with Crippen LogP contribution in [0.4, 0.5) is 18.0 Å². The van der Waals surface area contributed by atoms with Crippen LogP contribution in [0.25, 0.3) is 0 Å². The molecule has 0 atom stereocenters. The molecule has 0 saturated carbocycles. The van der Waals surface area contributed by atoms with Crippen molar-refractivity contribution in [2.45, 2.75) is 36.9 Å². The minimum atomic E-state index is -4.58. The highest BCUT2D eigenvalue weighted by Gasteiger charge is 2.32. The topological polar surface area (TPSA) is 75.7 Å². The Morgan fingerprint density at radius 1 is 1.24 bits per heavy atom. The van der Waals surface area contributed by atoms with Crippen molar-refractivity contribution in [1.29, 1.82) is 0 Å². The van der Waals surface area contributed by atoms with Crippen LogP contribution in [-0.4, -0.2) is 50.7 Å². The predicted molar refractivity (Wildman–Crippen MR) is 83.5 cm³/mol. The molecule has 1 fully saturated rings. The van der Waals surface area contributed by atoms with Crippen molar-refractivity contribution in [3.05, 3.63) is 29.8 Å². The number of nitrogens with one attached hydrogen (secondary N) is 1. The molecule has 1 aromatic rings. The maximum atomic E-state index is 12.5. The van der Waals surface area contributed by atoms with Gasteiger partial charge in [0.05, 0.1) is 4.90 Å². The third-order valence-corrected chi connectivity index (χ3v) is 5.71. The molecular weight excluding hydrogens is 361 g/mol. The van der Waals surface area contributed by atoms with E-state index in [4.69, 9.17) is 0 Å². The van der Waals surface area contributed by atoms with E-state index >= 15 is 0 Å². The Bertz CT molecular complexity index is 696. The molecule has 0 aromatic heterocycles. The Labute approximate surface area is 144 Å². The van der Waals surface area contributed by atoms with Crippen LogP contribution in [0.5, 0.6) is 0 Å². The fourth-order valence-corrected chi connectivity index (χ4v) is 3.93. The second kappa shape index (κ2) is 7.61. The van der Waals surface area contributed by atoms with Gasteiger partial charge in [-0.2, -0.15) is 17.5 Å². The van der Waals surface area contributed by atoms with Gasteiger partial charge in [0.1, 0.15) is 0 Å². The molecule has 0 radical (unpaired) electrons. The predicted octanol–water partition coefficient (Wildman–Crippen LogP) is 2.44. The number of sulfonamides is 1. The van der Waals surface area contributed by atoms with E-state index in [2.05, 4.69) is 10.1 Å². The number of piperidine rings is 1. The fraction of sp³-hybridized carbons (Fsp3) is 0.533. The molecule has 2 rings (SSSR count). The van der Waals surface area contributed by atoms with Crippen molar-refractivity contribution in [3.8, 4) is 0 Å². The van der Waals surface area contributed by atoms with Crippen molar-refractivity contribution < 1.29 is 31.1 Å². The number of carbonyl (C=O) groups is 1. The molecule has 1 aromatic carbocycles. The van der Waals surface area contributed by atoms with Crippen molar-refractivity contribution in [1.82, 2.24) is 9.62 Å². The number of nitrogens with zero attached hydrogens (tertiary/aromatic N) is 1. The lowest BCUT2D eigenvalue weighted by Gasteiger charge is -2.31. The Morgan fingerprint density at radius 2 is 1.80 bits per heavy atom. The molecule has 0 spiro atoms. The number of rotatable bonds is 4. The lowest BCUT2D eigenvalue weighted by molar-refractivity contribution is -0.160. The highest BCUT2D eigenvalue weighted by atomic mass is 32.2. The minimum absolute atomic E-state index is 0.167. The summed E-state index contributed by atoms with van der Waals surface area (Å²) in [6.45, 7) is 0.533. The first-order valence-electron chi connectivity index (χ1n) is 7.65. The largest absolute Gasteiger partial charge is 0.440 e. The molecule has 10 heteroatoms. The summed E-state index contributed by atoms with van der Waals surface area (Å²) in [6, 6.07) is 6.05. The van der Waals surface area contributed by atoms with Crippen molar-refractivity contribution in [2.75, 3.05) is 19.7 Å². The van der Waals surface area contributed by atoms with Crippen LogP contribution >= 0.6 is 0 Å². The fourth-order valence-electron chi connectivity index (χ4n) is 2.46. The number of halogens is 3. The average molecular weight is 380 g/mol. The zero-order chi connectivity index (χ0) is 18.7. The summed E-state index contributed by atoms with van der Waals surface area (Å²) in [7, 11) is -3.62. The third kappa shape index (κ3) is 5.60. The number of hydrogen-bond acceptors (Lipinski definition) is 4. The Hall–Kier alpha value is -1.81. The van der Waals surface area contributed by atoms with Crippen LogP contribution in [0.1, 0.15) is 18.4 Å². The number of alkyl carbamates (subject to hydrolysis) is 1. The van der Waals surface area contributed by atoms with E-state index in [1.54, 1.807) is 12.1 Å². The summed E-state index contributed by atoms with van der Waals surface area (Å²) in [5.41, 5.74) is 0.944. The molecule has 0 bridgehead atoms. The number of alkyl halides is 3. The Morgan fingerprint density at radius 3 is 2.32 bits per heavy atom. The van der Waals surface area contributed by atoms with Crippen LogP contribution in [0.3, 0.4) is 0 Å². The summed E-state index contributed by atoms with van der Waals surface area (Å²) in [4.78, 5) is 11.5. The first kappa shape index (κ1) is 19.5. The van der Waals surface area contributed by atoms with E-state index in [9.17, 15) is 26.4 Å². The maximum absolute atomic E-state index is 12.5. The van der Waals surface area contributed by atoms with E-state index in [-0.39, 0.29) is 18.0 Å². The van der Waals surface area contributed by atoms with Gasteiger partial charge in [-0.25, -0.2) is 13.2 Å². The zero-order valence-electron chi connectivity index (χ0n) is 13.5. The first-order valence-corrected chi connectivity index (χ1v) is 9.09. The quantitative estimate of drug-likeness (QED) is 0.871. The van der Waals surface area contributed by atoms with Gasteiger partial charge in [0, 0.05) is 19.1 Å². The zero-order valence-corrected chi connectivity index (χ0v) is 14.4. The van der Waals surface area contributed by atoms with Gasteiger partial charge in [0.2, 0.25) is 10.0 Å². The van der Waals surface area contributed by atoms with Gasteiger partial charge in [-0.1, -0.05) is 17.7 Å². The average Bonchev–Trinajstić information content (AvgIpc) is 2.53. The molecule has 1 amide bonds. The van der Waals surface area contributed by atoms with Crippen LogP contribution < -0.4 is 5.32 Å². The molecule has 6 nitrogen and oxygen atoms in total. The summed E-state index contributed by atoms with van der Waals surface area (Å²) in [6.07, 6.45) is -5.14. The monoisotopic (exact) mass is 380 g/mol. The molecule has 140 valence electrons. The van der Waals surface area contributed by atoms with Crippen molar-refractivity contribution >= 4 is 16.1 Å². The van der Waals surface area contributed by atoms with Gasteiger partial charge in [0.15, 0.2) is 6.61 Å². The van der Waals surface area contributed by atoms with Crippen LogP contribution in [-0.2, 0) is 14.8 Å². The lowest BCUT2D eigenvalue weighted by atomic mass is 10.1. The van der Waals surface area contributed by atoms with Gasteiger partial charge >= 0.3 is 12.3 Å². The molecule has 1 aliphatic heterocycles. The number of ether oxygens (including phenoxy) is 1. The Balaban J connectivity index is 1.87. The first-order chi connectivity index (χ1) is 11.6. The van der Waals surface area contributed by atoms with Crippen molar-refractivity contribution in [3.63, 3.8) is 0 Å². The van der Waals surface area contributed by atoms with Gasteiger partial charge in [-0.3, -0.25) is 0 Å². The van der Waals surface area contributed by atoms with E-state index in [0.717, 1.165) is 5.56 Å². The minimum Gasteiger partial charge on any atom is -0.440 e. The summed E-state index contributed by atoms with van der Waals surface area (Å²) >= 11 is 0. The molecule has 1 N–H and O–H groups in total. The summed E-state index contributed by atoms with van der Waals surface area (Å²) in [5, 5.41) is 2.33. The third-order valence-electron chi connectivity index (χ3n) is 3.80. The van der Waals surface area contributed by atoms with Gasteiger partial charge < -0.3 is 10.1 Å². The second-order valence-corrected chi connectivity index (χ2v) is 7.76. The number of aryl methyl sites for hydroxylation is 1. The molecule has 1 saturated heterocycles. The van der Waals surface area contributed by atoms with E-state index < -0.39 is 34.9 Å². The number of carbonyl (C=O) groups excluding carboxylic acids is 1. The Kier molecular flexibility index (Phi) is 5.94. The van der Waals surface area contributed by atoms with E-state index in [1.165, 1.54) is 16.4 Å². The smallest absolute Gasteiger partial charge is 0.422 e. The van der Waals surface area contributed by atoms with Crippen LogP contribution in [0.15, 0.2) is 29.2 Å². The SMILES string of the molecule is Cc1ccc(S(=O)(=O)N2CCC(NC(=O)OCC(F)(F)F)CC2)cc1. The molecule has 25 heavy (non-hydrogen) atoms. The van der Waals surface area contributed by atoms with Crippen LogP contribution in [0.2, 0.25) is 0 Å². The highest BCUT2D eigenvalue weighted by Crippen LogP contribution is 2.21. The molecule has 1 heterocycles. The van der Waals surface area contributed by atoms with Crippen molar-refractivity contribution in [2.24, 2.45) is 0 Å². The molecule has 0 aliphatic carbocycles. The second-order valence-electron chi connectivity index (χ2n) is 5.83. The standard InChI is InChI=1S/C15H19F3N2O4S/c1-11-2-4-13(5-3-11)25(22,23)20-8-6-12(7-9-20)19-14(21)24-10-15(16,17)18/h2-5,12H,6-10H2,1H3,(H,19,21). The van der Waals surface area contributed by atoms with Gasteiger partial charge in [-0.15, -0.1) is 0 Å². The summed E-state index contributed by atoms with van der Waals surface area (Å²) in [5.74, 6) is 0. The normalized spacial score (nSPS) is 17.3. The number of benzene rings is 1. The number of amides is 1. The lowest BCUT2D eigenvalue weighted by Crippen LogP contribution is -2.46. The van der Waals surface area contributed by atoms with E-state index in [1.807, 2.05) is 6.92 Å².